The molecule has 0 saturated heterocycles. The molecule has 0 spiro atoms. The van der Waals surface area contributed by atoms with E-state index in [2.05, 4.69) is 4.72 Å². The van der Waals surface area contributed by atoms with Crippen molar-refractivity contribution in [2.45, 2.75) is 25.2 Å². The minimum absolute atomic E-state index is 0.153. The van der Waals surface area contributed by atoms with Crippen molar-refractivity contribution < 1.29 is 21.9 Å². The molecule has 2 aromatic rings. The summed E-state index contributed by atoms with van der Waals surface area (Å²) in [6.45, 7) is 2.84. The molecule has 0 radical (unpaired) electrons. The van der Waals surface area contributed by atoms with E-state index in [1.807, 2.05) is 6.92 Å². The monoisotopic (exact) mass is 341 g/mol. The van der Waals surface area contributed by atoms with Crippen LogP contribution >= 0.6 is 0 Å². The van der Waals surface area contributed by atoms with Crippen LogP contribution in [-0.2, 0) is 10.0 Å². The predicted octanol–water partition coefficient (Wildman–Crippen LogP) is 3.75. The van der Waals surface area contributed by atoms with Crippen molar-refractivity contribution in [3.05, 3.63) is 53.6 Å². The normalized spacial score (nSPS) is 11.5. The number of rotatable bonds is 6. The fourth-order valence-electron chi connectivity index (χ4n) is 1.92. The molecule has 2 aromatic carbocycles. The number of hydrogen-bond acceptors (Lipinski definition) is 3. The molecule has 0 saturated carbocycles. The number of hydrogen-bond donors (Lipinski definition) is 1. The summed E-state index contributed by atoms with van der Waals surface area (Å²) < 4.78 is 56.3. The highest BCUT2D eigenvalue weighted by Gasteiger charge is 2.15. The van der Waals surface area contributed by atoms with E-state index in [0.717, 1.165) is 5.56 Å². The molecule has 0 atom stereocenters. The van der Waals surface area contributed by atoms with E-state index in [1.165, 1.54) is 30.3 Å². The Morgan fingerprint density at radius 2 is 1.74 bits per heavy atom. The SMILES string of the molecule is Cc1ccc(S(=O)(=O)Nc2ccc(OCC(F)F)cc2C)cc1. The van der Waals surface area contributed by atoms with Gasteiger partial charge in [-0.1, -0.05) is 17.7 Å². The van der Waals surface area contributed by atoms with Crippen molar-refractivity contribution >= 4 is 15.7 Å². The lowest BCUT2D eigenvalue weighted by Crippen LogP contribution is -2.14. The Morgan fingerprint density at radius 1 is 1.09 bits per heavy atom. The molecular weight excluding hydrogens is 324 g/mol. The molecule has 1 N–H and O–H groups in total. The number of halogens is 2. The van der Waals surface area contributed by atoms with Gasteiger partial charge < -0.3 is 4.74 Å². The molecule has 0 aromatic heterocycles. The van der Waals surface area contributed by atoms with Crippen LogP contribution in [0.25, 0.3) is 0 Å². The van der Waals surface area contributed by atoms with Gasteiger partial charge in [-0.3, -0.25) is 4.72 Å². The number of alkyl halides is 2. The topological polar surface area (TPSA) is 55.4 Å². The molecule has 0 unspecified atom stereocenters. The second kappa shape index (κ2) is 6.95. The molecule has 0 aliphatic carbocycles. The van der Waals surface area contributed by atoms with Gasteiger partial charge in [-0.25, -0.2) is 17.2 Å². The molecule has 23 heavy (non-hydrogen) atoms. The van der Waals surface area contributed by atoms with Crippen molar-refractivity contribution in [2.75, 3.05) is 11.3 Å². The average Bonchev–Trinajstić information content (AvgIpc) is 2.48. The predicted molar refractivity (Wildman–Crippen MR) is 84.7 cm³/mol. The number of ether oxygens (including phenoxy) is 1. The Balaban J connectivity index is 2.17. The first-order chi connectivity index (χ1) is 10.8. The van der Waals surface area contributed by atoms with E-state index in [0.29, 0.717) is 11.3 Å². The van der Waals surface area contributed by atoms with Crippen LogP contribution in [0.3, 0.4) is 0 Å². The zero-order valence-corrected chi connectivity index (χ0v) is 13.5. The van der Waals surface area contributed by atoms with E-state index in [4.69, 9.17) is 4.74 Å². The van der Waals surface area contributed by atoms with Crippen LogP contribution in [-0.4, -0.2) is 21.5 Å². The van der Waals surface area contributed by atoms with Crippen LogP contribution in [0, 0.1) is 13.8 Å². The van der Waals surface area contributed by atoms with E-state index < -0.39 is 23.1 Å². The van der Waals surface area contributed by atoms with E-state index in [1.54, 1.807) is 19.1 Å². The molecule has 2 rings (SSSR count). The Kier molecular flexibility index (Phi) is 5.20. The van der Waals surface area contributed by atoms with E-state index in [9.17, 15) is 17.2 Å². The summed E-state index contributed by atoms with van der Waals surface area (Å²) in [5.74, 6) is 0.265. The smallest absolute Gasteiger partial charge is 0.272 e. The molecular formula is C16H17F2NO3S. The summed E-state index contributed by atoms with van der Waals surface area (Å²) in [7, 11) is -3.70. The van der Waals surface area contributed by atoms with Gasteiger partial charge in [0.25, 0.3) is 16.4 Å². The van der Waals surface area contributed by atoms with Crippen molar-refractivity contribution in [1.82, 2.24) is 0 Å². The van der Waals surface area contributed by atoms with Gasteiger partial charge in [-0.15, -0.1) is 0 Å². The number of aryl methyl sites for hydroxylation is 2. The third-order valence-corrected chi connectivity index (χ3v) is 4.53. The molecule has 124 valence electrons. The van der Waals surface area contributed by atoms with Gasteiger partial charge in [0.2, 0.25) is 0 Å². The van der Waals surface area contributed by atoms with Crippen LogP contribution in [0.2, 0.25) is 0 Å². The zero-order chi connectivity index (χ0) is 17.0. The molecule has 0 amide bonds. The van der Waals surface area contributed by atoms with Crippen molar-refractivity contribution in [3.63, 3.8) is 0 Å². The first-order valence-electron chi connectivity index (χ1n) is 6.89. The van der Waals surface area contributed by atoms with E-state index in [-0.39, 0.29) is 10.6 Å². The Labute approximate surface area is 134 Å². The first kappa shape index (κ1) is 17.2. The lowest BCUT2D eigenvalue weighted by atomic mass is 10.2. The third kappa shape index (κ3) is 4.66. The van der Waals surface area contributed by atoms with Gasteiger partial charge in [-0.05, 0) is 49.7 Å². The van der Waals surface area contributed by atoms with Gasteiger partial charge in [0.1, 0.15) is 12.4 Å². The molecule has 0 fully saturated rings. The molecule has 0 bridgehead atoms. The maximum absolute atomic E-state index is 12.3. The highest BCUT2D eigenvalue weighted by molar-refractivity contribution is 7.92. The van der Waals surface area contributed by atoms with Crippen molar-refractivity contribution in [1.29, 1.82) is 0 Å². The van der Waals surface area contributed by atoms with Crippen LogP contribution in [0.15, 0.2) is 47.4 Å². The van der Waals surface area contributed by atoms with Crippen LogP contribution in [0.1, 0.15) is 11.1 Å². The Morgan fingerprint density at radius 3 is 2.30 bits per heavy atom. The van der Waals surface area contributed by atoms with Crippen LogP contribution in [0.4, 0.5) is 14.5 Å². The third-order valence-electron chi connectivity index (χ3n) is 3.15. The zero-order valence-electron chi connectivity index (χ0n) is 12.7. The number of benzene rings is 2. The quantitative estimate of drug-likeness (QED) is 0.871. The lowest BCUT2D eigenvalue weighted by molar-refractivity contribution is 0.0819. The van der Waals surface area contributed by atoms with Gasteiger partial charge >= 0.3 is 0 Å². The Bertz CT molecular complexity index is 774. The molecule has 7 heteroatoms. The molecule has 4 nitrogen and oxygen atoms in total. The summed E-state index contributed by atoms with van der Waals surface area (Å²) in [5.41, 5.74) is 1.91. The second-order valence-corrected chi connectivity index (χ2v) is 6.78. The number of sulfonamides is 1. The second-order valence-electron chi connectivity index (χ2n) is 5.10. The van der Waals surface area contributed by atoms with Crippen LogP contribution in [0.5, 0.6) is 5.75 Å². The summed E-state index contributed by atoms with van der Waals surface area (Å²) in [4.78, 5) is 0.153. The number of anilines is 1. The summed E-state index contributed by atoms with van der Waals surface area (Å²) >= 11 is 0. The van der Waals surface area contributed by atoms with Gasteiger partial charge in [-0.2, -0.15) is 0 Å². The van der Waals surface area contributed by atoms with Gasteiger partial charge in [0, 0.05) is 0 Å². The van der Waals surface area contributed by atoms with Crippen molar-refractivity contribution in [3.8, 4) is 5.75 Å². The van der Waals surface area contributed by atoms with E-state index >= 15 is 0 Å². The fourth-order valence-corrected chi connectivity index (χ4v) is 3.05. The standard InChI is InChI=1S/C16H17F2NO3S/c1-11-3-6-14(7-4-11)23(20,21)19-15-8-5-13(9-12(15)2)22-10-16(17)18/h3-9,16,19H,10H2,1-2H3. The van der Waals surface area contributed by atoms with Crippen LogP contribution < -0.4 is 9.46 Å². The Hall–Kier alpha value is -2.15. The highest BCUT2D eigenvalue weighted by Crippen LogP contribution is 2.24. The summed E-state index contributed by atoms with van der Waals surface area (Å²) in [5, 5.41) is 0. The minimum Gasteiger partial charge on any atom is -0.488 e. The maximum Gasteiger partial charge on any atom is 0.272 e. The lowest BCUT2D eigenvalue weighted by Gasteiger charge is -2.12. The first-order valence-corrected chi connectivity index (χ1v) is 8.37. The minimum atomic E-state index is -3.70. The van der Waals surface area contributed by atoms with Crippen molar-refractivity contribution in [2.24, 2.45) is 0 Å². The molecule has 0 heterocycles. The maximum atomic E-state index is 12.3. The van der Waals surface area contributed by atoms with Gasteiger partial charge in [0.05, 0.1) is 10.6 Å². The molecule has 0 aliphatic heterocycles. The van der Waals surface area contributed by atoms with Gasteiger partial charge in [0.15, 0.2) is 0 Å². The summed E-state index contributed by atoms with van der Waals surface area (Å²) in [6, 6.07) is 10.9. The average molecular weight is 341 g/mol. The fraction of sp³-hybridized carbons (Fsp3) is 0.250. The summed E-state index contributed by atoms with van der Waals surface area (Å²) in [6.07, 6.45) is -2.56. The highest BCUT2D eigenvalue weighted by atomic mass is 32.2. The largest absolute Gasteiger partial charge is 0.488 e. The number of nitrogens with one attached hydrogen (secondary N) is 1. The molecule has 0 aliphatic rings.